The van der Waals surface area contributed by atoms with Crippen LogP contribution in [0.3, 0.4) is 0 Å². The zero-order chi connectivity index (χ0) is 12.5. The summed E-state index contributed by atoms with van der Waals surface area (Å²) in [6.07, 6.45) is 1.18. The van der Waals surface area contributed by atoms with Crippen molar-refractivity contribution in [2.45, 2.75) is 37.3 Å². The highest BCUT2D eigenvalue weighted by Gasteiger charge is 2.22. The first-order valence-electron chi connectivity index (χ1n) is 6.94. The van der Waals surface area contributed by atoms with E-state index in [1.807, 2.05) is 0 Å². The van der Waals surface area contributed by atoms with Crippen molar-refractivity contribution in [1.82, 2.24) is 4.90 Å². The Morgan fingerprint density at radius 2 is 2.06 bits per heavy atom. The molecular weight excluding hydrogens is 240 g/mol. The lowest BCUT2D eigenvalue weighted by Gasteiger charge is -2.34. The number of nitrogens with one attached hydrogen (secondary N) is 1. The van der Waals surface area contributed by atoms with Crippen molar-refractivity contribution in [2.75, 3.05) is 25.0 Å². The van der Waals surface area contributed by atoms with Gasteiger partial charge in [0.2, 0.25) is 0 Å². The maximum atomic E-state index is 3.47. The lowest BCUT2D eigenvalue weighted by molar-refractivity contribution is 0.263. The van der Waals surface area contributed by atoms with E-state index >= 15 is 0 Å². The topological polar surface area (TPSA) is 15.3 Å². The maximum Gasteiger partial charge on any atom is 0.0376 e. The van der Waals surface area contributed by atoms with Gasteiger partial charge in [0, 0.05) is 42.4 Å². The fraction of sp³-hybridized carbons (Fsp3) is 0.600. The van der Waals surface area contributed by atoms with Gasteiger partial charge in [-0.05, 0) is 23.6 Å². The molecule has 2 atom stereocenters. The van der Waals surface area contributed by atoms with Crippen molar-refractivity contribution in [3.8, 4) is 0 Å². The normalized spacial score (nSPS) is 27.9. The molecule has 1 aromatic carbocycles. The van der Waals surface area contributed by atoms with E-state index in [2.05, 4.69) is 54.0 Å². The third kappa shape index (κ3) is 2.67. The highest BCUT2D eigenvalue weighted by atomic mass is 32.2. The Morgan fingerprint density at radius 3 is 2.83 bits per heavy atom. The van der Waals surface area contributed by atoms with Crippen LogP contribution in [0.15, 0.2) is 18.2 Å². The van der Waals surface area contributed by atoms with Crippen LogP contribution < -0.4 is 5.32 Å². The van der Waals surface area contributed by atoms with Crippen LogP contribution in [0.25, 0.3) is 0 Å². The Balaban J connectivity index is 1.69. The molecule has 0 spiro atoms. The average Bonchev–Trinajstić information content (AvgIpc) is 2.74. The molecule has 0 radical (unpaired) electrons. The molecule has 2 nitrogen and oxygen atoms in total. The van der Waals surface area contributed by atoms with Gasteiger partial charge in [-0.25, -0.2) is 0 Å². The van der Waals surface area contributed by atoms with E-state index < -0.39 is 0 Å². The molecule has 1 N–H and O–H groups in total. The maximum absolute atomic E-state index is 3.47. The van der Waals surface area contributed by atoms with E-state index in [1.165, 1.54) is 36.3 Å². The zero-order valence-electron chi connectivity index (χ0n) is 11.3. The van der Waals surface area contributed by atoms with Crippen molar-refractivity contribution in [2.24, 2.45) is 0 Å². The third-order valence-corrected chi connectivity index (χ3v) is 5.01. The van der Waals surface area contributed by atoms with Crippen LogP contribution in [-0.4, -0.2) is 35.0 Å². The fourth-order valence-electron chi connectivity index (χ4n) is 3.11. The molecule has 98 valence electrons. The second kappa shape index (κ2) is 5.14. The van der Waals surface area contributed by atoms with Crippen LogP contribution >= 0.6 is 11.8 Å². The van der Waals surface area contributed by atoms with Gasteiger partial charge in [0.25, 0.3) is 0 Å². The summed E-state index contributed by atoms with van der Waals surface area (Å²) in [5.41, 5.74) is 4.30. The molecule has 0 amide bonds. The molecule has 1 saturated heterocycles. The molecule has 3 rings (SSSR count). The standard InChI is InChI=1S/C15H22N2S/c1-11-8-17(9-12(2)18-11)10-13-3-4-14-5-6-16-15(14)7-13/h3-4,7,11-12,16H,5-6,8-10H2,1-2H3. The van der Waals surface area contributed by atoms with E-state index in [-0.39, 0.29) is 0 Å². The first-order valence-corrected chi connectivity index (χ1v) is 7.88. The summed E-state index contributed by atoms with van der Waals surface area (Å²) in [5, 5.41) is 5.00. The van der Waals surface area contributed by atoms with E-state index in [1.54, 1.807) is 0 Å². The van der Waals surface area contributed by atoms with Crippen molar-refractivity contribution in [3.63, 3.8) is 0 Å². The Bertz CT molecular complexity index is 423. The first kappa shape index (κ1) is 12.4. The lowest BCUT2D eigenvalue weighted by atomic mass is 10.1. The Kier molecular flexibility index (Phi) is 3.53. The molecule has 0 aromatic heterocycles. The molecule has 1 aromatic rings. The lowest BCUT2D eigenvalue weighted by Crippen LogP contribution is -2.39. The van der Waals surface area contributed by atoms with Gasteiger partial charge in [-0.3, -0.25) is 4.90 Å². The molecule has 1 fully saturated rings. The molecule has 2 heterocycles. The summed E-state index contributed by atoms with van der Waals surface area (Å²) in [6.45, 7) is 9.34. The SMILES string of the molecule is CC1CN(Cc2ccc3c(c2)NCC3)CC(C)S1. The van der Waals surface area contributed by atoms with Crippen LogP contribution in [-0.2, 0) is 13.0 Å². The molecule has 0 aliphatic carbocycles. The number of thioether (sulfide) groups is 1. The van der Waals surface area contributed by atoms with Crippen LogP contribution in [0.1, 0.15) is 25.0 Å². The average molecular weight is 262 g/mol. The number of hydrogen-bond donors (Lipinski definition) is 1. The van der Waals surface area contributed by atoms with E-state index in [9.17, 15) is 0 Å². The van der Waals surface area contributed by atoms with Gasteiger partial charge in [0.15, 0.2) is 0 Å². The minimum atomic E-state index is 0.765. The number of fused-ring (bicyclic) bond motifs is 1. The van der Waals surface area contributed by atoms with Crippen LogP contribution in [0.2, 0.25) is 0 Å². The van der Waals surface area contributed by atoms with E-state index in [0.29, 0.717) is 0 Å². The summed E-state index contributed by atoms with van der Waals surface area (Å²) < 4.78 is 0. The van der Waals surface area contributed by atoms with Crippen LogP contribution in [0.5, 0.6) is 0 Å². The molecule has 0 saturated carbocycles. The van der Waals surface area contributed by atoms with Crippen molar-refractivity contribution < 1.29 is 0 Å². The largest absolute Gasteiger partial charge is 0.384 e. The quantitative estimate of drug-likeness (QED) is 0.882. The molecule has 3 heteroatoms. The minimum absolute atomic E-state index is 0.765. The summed E-state index contributed by atoms with van der Waals surface area (Å²) >= 11 is 2.12. The fourth-order valence-corrected chi connectivity index (χ4v) is 4.49. The minimum Gasteiger partial charge on any atom is -0.384 e. The summed E-state index contributed by atoms with van der Waals surface area (Å²) in [4.78, 5) is 2.60. The second-order valence-corrected chi connectivity index (χ2v) is 7.50. The zero-order valence-corrected chi connectivity index (χ0v) is 12.1. The molecule has 2 unspecified atom stereocenters. The van der Waals surface area contributed by atoms with Gasteiger partial charge < -0.3 is 5.32 Å². The van der Waals surface area contributed by atoms with Gasteiger partial charge in [-0.15, -0.1) is 0 Å². The second-order valence-electron chi connectivity index (χ2n) is 5.62. The summed E-state index contributed by atoms with van der Waals surface area (Å²) in [7, 11) is 0. The smallest absolute Gasteiger partial charge is 0.0376 e. The first-order chi connectivity index (χ1) is 8.70. The number of benzene rings is 1. The molecule has 0 bridgehead atoms. The number of rotatable bonds is 2. The van der Waals surface area contributed by atoms with Crippen molar-refractivity contribution >= 4 is 17.4 Å². The highest BCUT2D eigenvalue weighted by molar-refractivity contribution is 8.00. The third-order valence-electron chi connectivity index (χ3n) is 3.79. The van der Waals surface area contributed by atoms with Gasteiger partial charge >= 0.3 is 0 Å². The predicted octanol–water partition coefficient (Wildman–Crippen LogP) is 2.98. The Hall–Kier alpha value is -0.670. The molecule has 2 aliphatic rings. The van der Waals surface area contributed by atoms with Crippen LogP contribution in [0.4, 0.5) is 5.69 Å². The predicted molar refractivity (Wildman–Crippen MR) is 80.4 cm³/mol. The Morgan fingerprint density at radius 1 is 1.28 bits per heavy atom. The Labute approximate surface area is 114 Å². The summed E-state index contributed by atoms with van der Waals surface area (Å²) in [6, 6.07) is 6.96. The van der Waals surface area contributed by atoms with Crippen LogP contribution in [0, 0.1) is 0 Å². The number of nitrogens with zero attached hydrogens (tertiary/aromatic N) is 1. The van der Waals surface area contributed by atoms with Crippen molar-refractivity contribution in [3.05, 3.63) is 29.3 Å². The molecule has 2 aliphatic heterocycles. The number of hydrogen-bond acceptors (Lipinski definition) is 3. The van der Waals surface area contributed by atoms with E-state index in [0.717, 1.165) is 23.6 Å². The van der Waals surface area contributed by atoms with Gasteiger partial charge in [0.1, 0.15) is 0 Å². The highest BCUT2D eigenvalue weighted by Crippen LogP contribution is 2.27. The van der Waals surface area contributed by atoms with Crippen molar-refractivity contribution in [1.29, 1.82) is 0 Å². The monoisotopic (exact) mass is 262 g/mol. The molecule has 18 heavy (non-hydrogen) atoms. The van der Waals surface area contributed by atoms with Gasteiger partial charge in [-0.1, -0.05) is 26.0 Å². The molecular formula is C15H22N2S. The van der Waals surface area contributed by atoms with Gasteiger partial charge in [0.05, 0.1) is 0 Å². The van der Waals surface area contributed by atoms with Gasteiger partial charge in [-0.2, -0.15) is 11.8 Å². The van der Waals surface area contributed by atoms with E-state index in [4.69, 9.17) is 0 Å². The summed E-state index contributed by atoms with van der Waals surface area (Å²) in [5.74, 6) is 0. The number of anilines is 1.